The maximum Gasteiger partial charge on any atom is 0.120 e. The fourth-order valence-corrected chi connectivity index (χ4v) is 3.72. The van der Waals surface area contributed by atoms with E-state index in [0.717, 1.165) is 22.0 Å². The van der Waals surface area contributed by atoms with Crippen LogP contribution in [0.3, 0.4) is 0 Å². The van der Waals surface area contributed by atoms with Gasteiger partial charge >= 0.3 is 0 Å². The van der Waals surface area contributed by atoms with Crippen molar-refractivity contribution >= 4 is 40.2 Å². The van der Waals surface area contributed by atoms with Crippen LogP contribution in [0.25, 0.3) is 0 Å². The van der Waals surface area contributed by atoms with Crippen molar-refractivity contribution in [3.63, 3.8) is 0 Å². The van der Waals surface area contributed by atoms with Gasteiger partial charge in [0.05, 0.1) is 11.4 Å². The van der Waals surface area contributed by atoms with E-state index in [4.69, 9.17) is 4.99 Å². The van der Waals surface area contributed by atoms with E-state index < -0.39 is 0 Å². The smallest absolute Gasteiger partial charge is 0.120 e. The number of nitrogens with zero attached hydrogens (tertiary/aromatic N) is 2. The second-order valence-corrected chi connectivity index (χ2v) is 7.92. The number of benzene rings is 3. The largest absolute Gasteiger partial charge is 0.240 e. The van der Waals surface area contributed by atoms with Crippen molar-refractivity contribution in [2.75, 3.05) is 0 Å². The SMILES string of the molecule is CC(=NSC(C=CSc1ccccc1)=Nc1ccc(C)cc1)c1ccccc1. The zero-order chi connectivity index (χ0) is 19.6. The van der Waals surface area contributed by atoms with E-state index in [-0.39, 0.29) is 0 Å². The molecule has 0 bridgehead atoms. The molecule has 0 aliphatic carbocycles. The first kappa shape index (κ1) is 20.2. The van der Waals surface area contributed by atoms with Gasteiger partial charge in [0.1, 0.15) is 5.04 Å². The Labute approximate surface area is 175 Å². The summed E-state index contributed by atoms with van der Waals surface area (Å²) in [5, 5.41) is 2.91. The zero-order valence-corrected chi connectivity index (χ0v) is 17.6. The van der Waals surface area contributed by atoms with Gasteiger partial charge in [-0.1, -0.05) is 78.0 Å². The Kier molecular flexibility index (Phi) is 7.71. The molecule has 0 saturated carbocycles. The highest BCUT2D eigenvalue weighted by molar-refractivity contribution is 8.13. The highest BCUT2D eigenvalue weighted by Gasteiger charge is 2.01. The number of hydrogen-bond acceptors (Lipinski definition) is 4. The third-order valence-electron chi connectivity index (χ3n) is 3.90. The summed E-state index contributed by atoms with van der Waals surface area (Å²) in [5.41, 5.74) is 4.25. The lowest BCUT2D eigenvalue weighted by Gasteiger charge is -2.02. The Hall–Kier alpha value is -2.56. The molecule has 140 valence electrons. The van der Waals surface area contributed by atoms with E-state index in [2.05, 4.69) is 53.1 Å². The van der Waals surface area contributed by atoms with Crippen LogP contribution in [0.5, 0.6) is 0 Å². The van der Waals surface area contributed by atoms with Gasteiger partial charge < -0.3 is 0 Å². The molecule has 3 aromatic carbocycles. The van der Waals surface area contributed by atoms with E-state index in [9.17, 15) is 0 Å². The van der Waals surface area contributed by atoms with Crippen molar-refractivity contribution in [3.8, 4) is 0 Å². The van der Waals surface area contributed by atoms with E-state index in [1.54, 1.807) is 11.8 Å². The molecule has 0 unspecified atom stereocenters. The van der Waals surface area contributed by atoms with Crippen LogP contribution in [-0.2, 0) is 0 Å². The minimum absolute atomic E-state index is 0.850. The zero-order valence-electron chi connectivity index (χ0n) is 15.9. The molecule has 0 atom stereocenters. The summed E-state index contributed by atoms with van der Waals surface area (Å²) in [6, 6.07) is 28.7. The number of aryl methyl sites for hydroxylation is 1. The summed E-state index contributed by atoms with van der Waals surface area (Å²) in [5.74, 6) is 0. The second kappa shape index (κ2) is 10.7. The summed E-state index contributed by atoms with van der Waals surface area (Å²) in [6.45, 7) is 4.10. The molecule has 0 aromatic heterocycles. The lowest BCUT2D eigenvalue weighted by Crippen LogP contribution is -1.93. The standard InChI is InChI=1S/C24H22N2S2/c1-19-13-15-22(16-14-19)25-24(17-18-27-23-11-7-4-8-12-23)28-26-20(2)21-9-5-3-6-10-21/h3-18H,1-2H3. The highest BCUT2D eigenvalue weighted by atomic mass is 32.2. The Bertz CT molecular complexity index is 961. The van der Waals surface area contributed by atoms with Gasteiger partial charge in [0.15, 0.2) is 0 Å². The molecule has 0 spiro atoms. The molecule has 3 aromatic rings. The third-order valence-corrected chi connectivity index (χ3v) is 5.49. The Balaban J connectivity index is 1.78. The first-order valence-corrected chi connectivity index (χ1v) is 10.7. The van der Waals surface area contributed by atoms with Crippen molar-refractivity contribution in [1.29, 1.82) is 0 Å². The molecule has 0 heterocycles. The molecule has 3 rings (SSSR count). The van der Waals surface area contributed by atoms with Crippen LogP contribution in [0.1, 0.15) is 18.1 Å². The van der Waals surface area contributed by atoms with Gasteiger partial charge in [-0.25, -0.2) is 9.39 Å². The maximum atomic E-state index is 4.77. The molecule has 0 N–H and O–H groups in total. The molecular weight excluding hydrogens is 380 g/mol. The molecule has 0 fully saturated rings. The lowest BCUT2D eigenvalue weighted by molar-refractivity contribution is 1.44. The number of hydrogen-bond donors (Lipinski definition) is 0. The fraction of sp³-hybridized carbons (Fsp3) is 0.0833. The predicted molar refractivity (Wildman–Crippen MR) is 126 cm³/mol. The number of thioether (sulfide) groups is 1. The average Bonchev–Trinajstić information content (AvgIpc) is 2.74. The van der Waals surface area contributed by atoms with Crippen LogP contribution in [0, 0.1) is 6.92 Å². The monoisotopic (exact) mass is 402 g/mol. The molecule has 0 saturated heterocycles. The van der Waals surface area contributed by atoms with E-state index >= 15 is 0 Å². The normalized spacial score (nSPS) is 12.5. The molecule has 0 aliphatic heterocycles. The first-order chi connectivity index (χ1) is 13.7. The molecule has 0 aliphatic rings. The van der Waals surface area contributed by atoms with E-state index in [1.165, 1.54) is 22.4 Å². The van der Waals surface area contributed by atoms with Crippen molar-refractivity contribution in [2.45, 2.75) is 18.7 Å². The Morgan fingerprint density at radius 1 is 0.821 bits per heavy atom. The van der Waals surface area contributed by atoms with Crippen LogP contribution < -0.4 is 0 Å². The van der Waals surface area contributed by atoms with Crippen LogP contribution in [-0.4, -0.2) is 10.8 Å². The van der Waals surface area contributed by atoms with Crippen molar-refractivity contribution in [2.24, 2.45) is 9.39 Å². The quantitative estimate of drug-likeness (QED) is 0.185. The van der Waals surface area contributed by atoms with E-state index in [1.807, 2.05) is 61.5 Å². The van der Waals surface area contributed by atoms with Crippen molar-refractivity contribution in [1.82, 2.24) is 0 Å². The van der Waals surface area contributed by atoms with Crippen LogP contribution >= 0.6 is 23.7 Å². The van der Waals surface area contributed by atoms with Crippen molar-refractivity contribution in [3.05, 3.63) is 108 Å². The van der Waals surface area contributed by atoms with Gasteiger partial charge in [-0.05, 0) is 55.2 Å². The minimum atomic E-state index is 0.850. The molecule has 0 radical (unpaired) electrons. The fourth-order valence-electron chi connectivity index (χ4n) is 2.35. The van der Waals surface area contributed by atoms with Gasteiger partial charge in [-0.15, -0.1) is 0 Å². The van der Waals surface area contributed by atoms with Gasteiger partial charge in [0.2, 0.25) is 0 Å². The summed E-state index contributed by atoms with van der Waals surface area (Å²) in [6.07, 6.45) is 2.02. The van der Waals surface area contributed by atoms with Crippen LogP contribution in [0.4, 0.5) is 5.69 Å². The van der Waals surface area contributed by atoms with Crippen molar-refractivity contribution < 1.29 is 0 Å². The Morgan fingerprint density at radius 2 is 1.46 bits per heavy atom. The number of rotatable bonds is 6. The van der Waals surface area contributed by atoms with Gasteiger partial charge in [0, 0.05) is 16.8 Å². The van der Waals surface area contributed by atoms with E-state index in [0.29, 0.717) is 0 Å². The Morgan fingerprint density at radius 3 is 2.14 bits per heavy atom. The van der Waals surface area contributed by atoms with Gasteiger partial charge in [-0.2, -0.15) is 0 Å². The summed E-state index contributed by atoms with van der Waals surface area (Å²) >= 11 is 3.07. The average molecular weight is 403 g/mol. The summed E-state index contributed by atoms with van der Waals surface area (Å²) in [7, 11) is 0. The molecular formula is C24H22N2S2. The maximum absolute atomic E-state index is 4.77. The summed E-state index contributed by atoms with van der Waals surface area (Å²) < 4.78 is 4.68. The third kappa shape index (κ3) is 6.55. The topological polar surface area (TPSA) is 24.7 Å². The number of aliphatic imine (C=N–C) groups is 1. The predicted octanol–water partition coefficient (Wildman–Crippen LogP) is 7.49. The minimum Gasteiger partial charge on any atom is -0.240 e. The lowest BCUT2D eigenvalue weighted by atomic mass is 10.1. The molecule has 2 nitrogen and oxygen atoms in total. The highest BCUT2D eigenvalue weighted by Crippen LogP contribution is 2.22. The molecule has 4 heteroatoms. The van der Waals surface area contributed by atoms with Crippen LogP contribution in [0.15, 0.2) is 111 Å². The molecule has 0 amide bonds. The summed E-state index contributed by atoms with van der Waals surface area (Å²) in [4.78, 5) is 5.97. The molecule has 28 heavy (non-hydrogen) atoms. The second-order valence-electron chi connectivity index (χ2n) is 6.15. The first-order valence-electron chi connectivity index (χ1n) is 9.01. The van der Waals surface area contributed by atoms with Crippen LogP contribution in [0.2, 0.25) is 0 Å². The van der Waals surface area contributed by atoms with Gasteiger partial charge in [0.25, 0.3) is 0 Å². The van der Waals surface area contributed by atoms with Gasteiger partial charge in [-0.3, -0.25) is 0 Å².